The molecule has 1 aromatic heterocycles. The molecule has 0 N–H and O–H groups in total. The molecule has 6 heteroatoms. The van der Waals surface area contributed by atoms with Crippen molar-refractivity contribution in [3.8, 4) is 0 Å². The van der Waals surface area contributed by atoms with Crippen LogP contribution in [0.15, 0.2) is 12.1 Å². The molecule has 4 nitrogen and oxygen atoms in total. The van der Waals surface area contributed by atoms with Gasteiger partial charge in [0.1, 0.15) is 17.2 Å². The number of fused-ring (bicyclic) bond motifs is 1. The molecule has 0 atom stereocenters. The molecule has 132 valence electrons. The first-order valence-electron chi connectivity index (χ1n) is 7.90. The first kappa shape index (κ1) is 18.7. The molecule has 2 rings (SSSR count). The van der Waals surface area contributed by atoms with Gasteiger partial charge >= 0.3 is 6.09 Å². The van der Waals surface area contributed by atoms with Gasteiger partial charge < -0.3 is 4.74 Å². The summed E-state index contributed by atoms with van der Waals surface area (Å²) in [4.78, 5) is 17.0. The van der Waals surface area contributed by atoms with E-state index in [-0.39, 0.29) is 11.3 Å². The van der Waals surface area contributed by atoms with E-state index < -0.39 is 17.5 Å². The predicted molar refractivity (Wildman–Crippen MR) is 94.0 cm³/mol. The van der Waals surface area contributed by atoms with E-state index in [1.165, 1.54) is 16.7 Å². The molecule has 1 heterocycles. The lowest BCUT2D eigenvalue weighted by molar-refractivity contribution is 0.0540. The first-order valence-corrected chi connectivity index (χ1v) is 8.44. The Bertz CT molecular complexity index is 770. The highest BCUT2D eigenvalue weighted by molar-refractivity contribution is 6.17. The SMILES string of the molecule is CC(C)(C)Cc1cc(F)cc2c1nc(CCl)n2C(=O)OC(C)(C)C. The fourth-order valence-corrected chi connectivity index (χ4v) is 2.74. The molecule has 1 aromatic carbocycles. The van der Waals surface area contributed by atoms with E-state index in [4.69, 9.17) is 16.3 Å². The number of alkyl halides is 1. The van der Waals surface area contributed by atoms with E-state index in [2.05, 4.69) is 25.8 Å². The van der Waals surface area contributed by atoms with Crippen molar-refractivity contribution in [1.29, 1.82) is 0 Å². The average Bonchev–Trinajstić information content (AvgIpc) is 2.73. The molecule has 0 saturated carbocycles. The van der Waals surface area contributed by atoms with Crippen LogP contribution < -0.4 is 0 Å². The van der Waals surface area contributed by atoms with Gasteiger partial charge in [-0.05, 0) is 44.2 Å². The second-order valence-electron chi connectivity index (χ2n) is 8.15. The number of benzene rings is 1. The highest BCUT2D eigenvalue weighted by Gasteiger charge is 2.25. The standard InChI is InChI=1S/C18H24ClFN2O2/c1-17(2,3)9-11-7-12(20)8-13-15(11)21-14(10-19)22(13)16(23)24-18(4,5)6/h7-8H,9-10H2,1-6H3. The number of nitrogens with zero attached hydrogens (tertiary/aromatic N) is 2. The number of hydrogen-bond acceptors (Lipinski definition) is 3. The van der Waals surface area contributed by atoms with Gasteiger partial charge in [0.05, 0.1) is 16.9 Å². The lowest BCUT2D eigenvalue weighted by Crippen LogP contribution is -2.28. The minimum atomic E-state index is -0.668. The van der Waals surface area contributed by atoms with Crippen molar-refractivity contribution in [3.63, 3.8) is 0 Å². The largest absolute Gasteiger partial charge is 0.443 e. The minimum Gasteiger partial charge on any atom is -0.443 e. The number of rotatable bonds is 2. The van der Waals surface area contributed by atoms with Crippen LogP contribution in [0.5, 0.6) is 0 Å². The lowest BCUT2D eigenvalue weighted by Gasteiger charge is -2.20. The van der Waals surface area contributed by atoms with Gasteiger partial charge in [0.2, 0.25) is 0 Å². The Balaban J connectivity index is 2.65. The molecule has 0 amide bonds. The Labute approximate surface area is 147 Å². The van der Waals surface area contributed by atoms with Crippen molar-refractivity contribution in [3.05, 3.63) is 29.3 Å². The predicted octanol–water partition coefficient (Wildman–Crippen LogP) is 5.29. The second kappa shape index (κ2) is 6.36. The summed E-state index contributed by atoms with van der Waals surface area (Å²) in [6.07, 6.45) is 0.0295. The summed E-state index contributed by atoms with van der Waals surface area (Å²) in [7, 11) is 0. The summed E-state index contributed by atoms with van der Waals surface area (Å²) in [5.74, 6) is -0.0286. The third-order valence-electron chi connectivity index (χ3n) is 3.29. The molecule has 2 aromatic rings. The highest BCUT2D eigenvalue weighted by atomic mass is 35.5. The Morgan fingerprint density at radius 3 is 2.38 bits per heavy atom. The van der Waals surface area contributed by atoms with Crippen LogP contribution in [0, 0.1) is 11.2 Å². The number of imidazole rings is 1. The second-order valence-corrected chi connectivity index (χ2v) is 8.41. The topological polar surface area (TPSA) is 44.1 Å². The fraction of sp³-hybridized carbons (Fsp3) is 0.556. The van der Waals surface area contributed by atoms with Gasteiger partial charge in [-0.3, -0.25) is 0 Å². The third-order valence-corrected chi connectivity index (χ3v) is 3.53. The van der Waals surface area contributed by atoms with Gasteiger partial charge in [-0.25, -0.2) is 18.7 Å². The Morgan fingerprint density at radius 2 is 1.88 bits per heavy atom. The molecule has 0 spiro atoms. The maximum Gasteiger partial charge on any atom is 0.420 e. The van der Waals surface area contributed by atoms with Crippen molar-refractivity contribution in [2.75, 3.05) is 0 Å². The van der Waals surface area contributed by atoms with Crippen molar-refractivity contribution in [2.45, 2.75) is 59.4 Å². The maximum atomic E-state index is 14.1. The Morgan fingerprint density at radius 1 is 1.25 bits per heavy atom. The van der Waals surface area contributed by atoms with E-state index in [0.29, 0.717) is 23.3 Å². The van der Waals surface area contributed by atoms with E-state index in [9.17, 15) is 9.18 Å². The molecule has 0 radical (unpaired) electrons. The normalized spacial score (nSPS) is 12.7. The number of carbonyl (C=O) groups excluding carboxylic acids is 1. The molecule has 0 aliphatic carbocycles. The summed E-state index contributed by atoms with van der Waals surface area (Å²) >= 11 is 5.96. The Hall–Kier alpha value is -1.62. The van der Waals surface area contributed by atoms with Crippen LogP contribution in [-0.2, 0) is 17.0 Å². The van der Waals surface area contributed by atoms with Crippen molar-refractivity contribution < 1.29 is 13.9 Å². The van der Waals surface area contributed by atoms with Crippen LogP contribution in [0.4, 0.5) is 9.18 Å². The summed E-state index contributed by atoms with van der Waals surface area (Å²) in [6.45, 7) is 11.5. The van der Waals surface area contributed by atoms with Crippen LogP contribution in [0.3, 0.4) is 0 Å². The van der Waals surface area contributed by atoms with E-state index in [1.54, 1.807) is 20.8 Å². The van der Waals surface area contributed by atoms with Gasteiger partial charge in [-0.1, -0.05) is 20.8 Å². The zero-order chi connectivity index (χ0) is 18.3. The number of aromatic nitrogens is 2. The Kier molecular flexibility index (Phi) is 4.96. The quantitative estimate of drug-likeness (QED) is 0.688. The number of halogens is 2. The van der Waals surface area contributed by atoms with Crippen molar-refractivity contribution in [1.82, 2.24) is 9.55 Å². The first-order chi connectivity index (χ1) is 10.9. The van der Waals surface area contributed by atoms with Gasteiger partial charge in [0, 0.05) is 6.07 Å². The zero-order valence-corrected chi connectivity index (χ0v) is 15.8. The molecular weight excluding hydrogens is 331 g/mol. The van der Waals surface area contributed by atoms with Crippen LogP contribution in [0.1, 0.15) is 52.9 Å². The summed E-state index contributed by atoms with van der Waals surface area (Å²) in [5.41, 5.74) is 1.02. The fourth-order valence-electron chi connectivity index (χ4n) is 2.56. The molecule has 0 aliphatic heterocycles. The molecular formula is C18H24ClFN2O2. The lowest BCUT2D eigenvalue weighted by atomic mass is 9.87. The summed E-state index contributed by atoms with van der Waals surface area (Å²) in [5, 5.41) is 0. The molecule has 24 heavy (non-hydrogen) atoms. The number of ether oxygens (including phenoxy) is 1. The van der Waals surface area contributed by atoms with Crippen molar-refractivity contribution >= 4 is 28.7 Å². The zero-order valence-electron chi connectivity index (χ0n) is 15.0. The maximum absolute atomic E-state index is 14.1. The number of carbonyl (C=O) groups is 1. The summed E-state index contributed by atoms with van der Waals surface area (Å²) in [6, 6.07) is 2.77. The molecule has 0 aliphatic rings. The highest BCUT2D eigenvalue weighted by Crippen LogP contribution is 2.29. The van der Waals surface area contributed by atoms with Crippen LogP contribution in [0.25, 0.3) is 11.0 Å². The van der Waals surface area contributed by atoms with Crippen LogP contribution in [-0.4, -0.2) is 21.2 Å². The third kappa shape index (κ3) is 4.26. The monoisotopic (exact) mass is 354 g/mol. The molecule has 0 bridgehead atoms. The molecule has 0 fully saturated rings. The van der Waals surface area contributed by atoms with E-state index in [0.717, 1.165) is 5.56 Å². The van der Waals surface area contributed by atoms with Gasteiger partial charge in [-0.2, -0.15) is 0 Å². The van der Waals surface area contributed by atoms with E-state index in [1.807, 2.05) is 0 Å². The van der Waals surface area contributed by atoms with Gasteiger partial charge in [-0.15, -0.1) is 11.6 Å². The van der Waals surface area contributed by atoms with Crippen LogP contribution in [0.2, 0.25) is 0 Å². The average molecular weight is 355 g/mol. The van der Waals surface area contributed by atoms with E-state index >= 15 is 0 Å². The molecule has 0 saturated heterocycles. The van der Waals surface area contributed by atoms with Crippen molar-refractivity contribution in [2.24, 2.45) is 5.41 Å². The van der Waals surface area contributed by atoms with Gasteiger partial charge in [0.25, 0.3) is 0 Å². The number of hydrogen-bond donors (Lipinski definition) is 0. The minimum absolute atomic E-state index is 0.0322. The smallest absolute Gasteiger partial charge is 0.420 e. The molecule has 0 unspecified atom stereocenters. The van der Waals surface area contributed by atoms with Gasteiger partial charge in [0.15, 0.2) is 0 Å². The van der Waals surface area contributed by atoms with Crippen LogP contribution >= 0.6 is 11.6 Å². The summed E-state index contributed by atoms with van der Waals surface area (Å²) < 4.78 is 20.8.